The molecular weight excluding hydrogens is 292 g/mol. The van der Waals surface area contributed by atoms with E-state index in [0.717, 1.165) is 57.6 Å². The van der Waals surface area contributed by atoms with E-state index in [2.05, 4.69) is 10.2 Å². The largest absolute Gasteiger partial charge is 0.445 e. The molecule has 1 aromatic rings. The Hall–Kier alpha value is -1.59. The van der Waals surface area contributed by atoms with Crippen molar-refractivity contribution in [3.05, 3.63) is 35.9 Å². The molecule has 0 unspecified atom stereocenters. The van der Waals surface area contributed by atoms with Crippen LogP contribution in [0.3, 0.4) is 0 Å². The SMILES string of the molecule is O=C(NC1CCN(C2CCOCC2)CC1)OCc1ccccc1. The van der Waals surface area contributed by atoms with Gasteiger partial charge in [-0.15, -0.1) is 0 Å². The lowest BCUT2D eigenvalue weighted by molar-refractivity contribution is 0.0236. The molecule has 0 atom stereocenters. The van der Waals surface area contributed by atoms with E-state index in [-0.39, 0.29) is 12.1 Å². The molecule has 0 aromatic heterocycles. The molecule has 2 aliphatic rings. The zero-order chi connectivity index (χ0) is 15.9. The minimum absolute atomic E-state index is 0.231. The molecule has 0 saturated carbocycles. The Morgan fingerprint density at radius 1 is 1.13 bits per heavy atom. The number of nitrogens with zero attached hydrogens (tertiary/aromatic N) is 1. The monoisotopic (exact) mass is 318 g/mol. The highest BCUT2D eigenvalue weighted by Crippen LogP contribution is 2.20. The van der Waals surface area contributed by atoms with E-state index in [1.165, 1.54) is 0 Å². The molecule has 126 valence electrons. The number of carbonyl (C=O) groups is 1. The molecule has 23 heavy (non-hydrogen) atoms. The minimum Gasteiger partial charge on any atom is -0.445 e. The third-order valence-corrected chi connectivity index (χ3v) is 4.77. The van der Waals surface area contributed by atoms with Crippen molar-refractivity contribution in [3.8, 4) is 0 Å². The van der Waals surface area contributed by atoms with Gasteiger partial charge in [0.15, 0.2) is 0 Å². The first kappa shape index (κ1) is 16.3. The summed E-state index contributed by atoms with van der Waals surface area (Å²) >= 11 is 0. The van der Waals surface area contributed by atoms with E-state index in [9.17, 15) is 4.79 Å². The predicted octanol–water partition coefficient (Wildman–Crippen LogP) is 2.56. The lowest BCUT2D eigenvalue weighted by Crippen LogP contribution is -2.49. The molecule has 0 aliphatic carbocycles. The zero-order valence-corrected chi connectivity index (χ0v) is 13.6. The number of alkyl carbamates (subject to hydrolysis) is 1. The standard InChI is InChI=1S/C18H26N2O3/c21-18(23-14-15-4-2-1-3-5-15)19-16-6-10-20(11-7-16)17-8-12-22-13-9-17/h1-5,16-17H,6-14H2,(H,19,21). The number of amides is 1. The van der Waals surface area contributed by atoms with Gasteiger partial charge in [-0.05, 0) is 31.2 Å². The first-order chi connectivity index (χ1) is 11.3. The maximum atomic E-state index is 11.9. The van der Waals surface area contributed by atoms with E-state index in [1.807, 2.05) is 30.3 Å². The summed E-state index contributed by atoms with van der Waals surface area (Å²) in [5.74, 6) is 0. The van der Waals surface area contributed by atoms with Gasteiger partial charge in [0, 0.05) is 38.4 Å². The molecule has 1 aromatic carbocycles. The molecule has 2 aliphatic heterocycles. The van der Waals surface area contributed by atoms with Gasteiger partial charge in [-0.1, -0.05) is 30.3 Å². The molecule has 0 spiro atoms. The summed E-state index contributed by atoms with van der Waals surface area (Å²) in [5, 5.41) is 3.00. The number of piperidine rings is 1. The predicted molar refractivity (Wildman–Crippen MR) is 88.2 cm³/mol. The fourth-order valence-electron chi connectivity index (χ4n) is 3.39. The highest BCUT2D eigenvalue weighted by molar-refractivity contribution is 5.67. The van der Waals surface area contributed by atoms with Crippen molar-refractivity contribution >= 4 is 6.09 Å². The van der Waals surface area contributed by atoms with Crippen LogP contribution in [0.25, 0.3) is 0 Å². The van der Waals surface area contributed by atoms with Crippen molar-refractivity contribution in [1.29, 1.82) is 0 Å². The average molecular weight is 318 g/mol. The second-order valence-corrected chi connectivity index (χ2v) is 6.36. The fraction of sp³-hybridized carbons (Fsp3) is 0.611. The normalized spacial score (nSPS) is 21.0. The summed E-state index contributed by atoms with van der Waals surface area (Å²) < 4.78 is 10.7. The van der Waals surface area contributed by atoms with Crippen LogP contribution >= 0.6 is 0 Å². The Labute approximate surface area is 137 Å². The number of nitrogens with one attached hydrogen (secondary N) is 1. The molecule has 0 radical (unpaired) electrons. The van der Waals surface area contributed by atoms with E-state index in [4.69, 9.17) is 9.47 Å². The highest BCUT2D eigenvalue weighted by atomic mass is 16.5. The molecule has 3 rings (SSSR count). The number of rotatable bonds is 4. The number of hydrogen-bond donors (Lipinski definition) is 1. The third-order valence-electron chi connectivity index (χ3n) is 4.77. The Kier molecular flexibility index (Phi) is 5.88. The lowest BCUT2D eigenvalue weighted by atomic mass is 10.00. The molecule has 1 N–H and O–H groups in total. The van der Waals surface area contributed by atoms with Gasteiger partial charge in [0.25, 0.3) is 0 Å². The van der Waals surface area contributed by atoms with Crippen LogP contribution in [0, 0.1) is 0 Å². The zero-order valence-electron chi connectivity index (χ0n) is 13.6. The maximum absolute atomic E-state index is 11.9. The van der Waals surface area contributed by atoms with Gasteiger partial charge in [-0.3, -0.25) is 0 Å². The van der Waals surface area contributed by atoms with Crippen LogP contribution in [-0.4, -0.2) is 49.4 Å². The minimum atomic E-state index is -0.307. The van der Waals surface area contributed by atoms with Gasteiger partial charge in [-0.2, -0.15) is 0 Å². The Morgan fingerprint density at radius 2 is 1.83 bits per heavy atom. The van der Waals surface area contributed by atoms with Crippen LogP contribution in [0.5, 0.6) is 0 Å². The first-order valence-electron chi connectivity index (χ1n) is 8.60. The van der Waals surface area contributed by atoms with Crippen LogP contribution in [0.15, 0.2) is 30.3 Å². The maximum Gasteiger partial charge on any atom is 0.407 e. The summed E-state index contributed by atoms with van der Waals surface area (Å²) in [6.07, 6.45) is 3.96. The summed E-state index contributed by atoms with van der Waals surface area (Å²) in [6, 6.07) is 10.7. The van der Waals surface area contributed by atoms with Crippen molar-refractivity contribution in [3.63, 3.8) is 0 Å². The molecule has 0 bridgehead atoms. The van der Waals surface area contributed by atoms with E-state index in [0.29, 0.717) is 12.6 Å². The smallest absolute Gasteiger partial charge is 0.407 e. The average Bonchev–Trinajstić information content (AvgIpc) is 2.62. The first-order valence-corrected chi connectivity index (χ1v) is 8.60. The van der Waals surface area contributed by atoms with Crippen LogP contribution in [-0.2, 0) is 16.1 Å². The van der Waals surface area contributed by atoms with Crippen LogP contribution in [0.1, 0.15) is 31.2 Å². The van der Waals surface area contributed by atoms with Crippen molar-refractivity contribution in [2.24, 2.45) is 0 Å². The van der Waals surface area contributed by atoms with Crippen LogP contribution < -0.4 is 5.32 Å². The second-order valence-electron chi connectivity index (χ2n) is 6.36. The number of ether oxygens (including phenoxy) is 2. The second kappa shape index (κ2) is 8.31. The highest BCUT2D eigenvalue weighted by Gasteiger charge is 2.27. The molecule has 5 nitrogen and oxygen atoms in total. The molecule has 2 saturated heterocycles. The van der Waals surface area contributed by atoms with Gasteiger partial charge in [0.1, 0.15) is 6.61 Å². The Bertz CT molecular complexity index is 480. The summed E-state index contributed by atoms with van der Waals surface area (Å²) in [7, 11) is 0. The van der Waals surface area contributed by atoms with Crippen molar-refractivity contribution in [1.82, 2.24) is 10.2 Å². The van der Waals surface area contributed by atoms with Gasteiger partial charge in [0.05, 0.1) is 0 Å². The summed E-state index contributed by atoms with van der Waals surface area (Å²) in [4.78, 5) is 14.5. The number of carbonyl (C=O) groups excluding carboxylic acids is 1. The van der Waals surface area contributed by atoms with Gasteiger partial charge >= 0.3 is 6.09 Å². The van der Waals surface area contributed by atoms with Crippen molar-refractivity contribution < 1.29 is 14.3 Å². The van der Waals surface area contributed by atoms with Crippen LogP contribution in [0.2, 0.25) is 0 Å². The van der Waals surface area contributed by atoms with Crippen molar-refractivity contribution in [2.75, 3.05) is 26.3 Å². The number of benzene rings is 1. The quantitative estimate of drug-likeness (QED) is 0.927. The summed E-state index contributed by atoms with van der Waals surface area (Å²) in [6.45, 7) is 4.19. The molecular formula is C18H26N2O3. The van der Waals surface area contributed by atoms with E-state index in [1.54, 1.807) is 0 Å². The number of likely N-dealkylation sites (tertiary alicyclic amines) is 1. The Morgan fingerprint density at radius 3 is 2.52 bits per heavy atom. The van der Waals surface area contributed by atoms with Gasteiger partial charge in [-0.25, -0.2) is 4.79 Å². The van der Waals surface area contributed by atoms with Crippen LogP contribution in [0.4, 0.5) is 4.79 Å². The fourth-order valence-corrected chi connectivity index (χ4v) is 3.39. The van der Waals surface area contributed by atoms with Gasteiger partial charge in [0.2, 0.25) is 0 Å². The van der Waals surface area contributed by atoms with E-state index < -0.39 is 0 Å². The molecule has 2 fully saturated rings. The topological polar surface area (TPSA) is 50.8 Å². The third kappa shape index (κ3) is 4.94. The molecule has 1 amide bonds. The lowest BCUT2D eigenvalue weighted by Gasteiger charge is -2.39. The Balaban J connectivity index is 1.35. The number of hydrogen-bond acceptors (Lipinski definition) is 4. The van der Waals surface area contributed by atoms with Crippen molar-refractivity contribution in [2.45, 2.75) is 44.4 Å². The molecule has 2 heterocycles. The van der Waals surface area contributed by atoms with E-state index >= 15 is 0 Å². The van der Waals surface area contributed by atoms with Gasteiger partial charge < -0.3 is 19.7 Å². The molecule has 5 heteroatoms. The summed E-state index contributed by atoms with van der Waals surface area (Å²) in [5.41, 5.74) is 1.01.